The van der Waals surface area contributed by atoms with Crippen molar-refractivity contribution in [2.75, 3.05) is 0 Å². The Balaban J connectivity index is 2.62. The fraction of sp³-hybridized carbons (Fsp3) is 0.500. The molecule has 0 fully saturated rings. The van der Waals surface area contributed by atoms with Gasteiger partial charge in [0.15, 0.2) is 0 Å². The predicted octanol–water partition coefficient (Wildman–Crippen LogP) is 4.21. The van der Waals surface area contributed by atoms with Gasteiger partial charge in [0.05, 0.1) is 16.7 Å². The van der Waals surface area contributed by atoms with Crippen LogP contribution in [0.4, 0.5) is 0 Å². The number of rotatable bonds is 3. The van der Waals surface area contributed by atoms with Crippen molar-refractivity contribution < 1.29 is 0 Å². The lowest BCUT2D eigenvalue weighted by molar-refractivity contribution is 0.776. The number of nitrogens with zero attached hydrogens (tertiary/aromatic N) is 2. The number of unbranched alkanes of at least 4 members (excludes halogenated alkanes) is 1. The molecule has 2 rings (SSSR count). The van der Waals surface area contributed by atoms with Crippen LogP contribution < -0.4 is 0 Å². The Morgan fingerprint density at radius 3 is 2.11 bits per heavy atom. The molecule has 0 atom stereocenters. The molecule has 2 aromatic rings. The van der Waals surface area contributed by atoms with Crippen molar-refractivity contribution in [3.63, 3.8) is 0 Å². The Labute approximate surface area is 109 Å². The molecule has 0 bridgehead atoms. The van der Waals surface area contributed by atoms with Gasteiger partial charge >= 0.3 is 0 Å². The topological polar surface area (TPSA) is 25.8 Å². The molecule has 0 amide bonds. The minimum Gasteiger partial charge on any atom is -0.252 e. The van der Waals surface area contributed by atoms with Crippen molar-refractivity contribution in [3.05, 3.63) is 34.1 Å². The van der Waals surface area contributed by atoms with Crippen LogP contribution in [0, 0.1) is 27.7 Å². The van der Waals surface area contributed by atoms with Crippen LogP contribution in [0.15, 0.2) is 6.20 Å². The zero-order valence-electron chi connectivity index (χ0n) is 12.1. The Bertz CT molecular complexity index is 585. The fourth-order valence-electron chi connectivity index (χ4n) is 2.36. The number of hydrogen-bond acceptors (Lipinski definition) is 2. The van der Waals surface area contributed by atoms with E-state index in [0.717, 1.165) is 23.1 Å². The van der Waals surface area contributed by atoms with Crippen LogP contribution in [-0.4, -0.2) is 9.97 Å². The lowest BCUT2D eigenvalue weighted by Crippen LogP contribution is -2.00. The van der Waals surface area contributed by atoms with E-state index < -0.39 is 0 Å². The van der Waals surface area contributed by atoms with Gasteiger partial charge in [-0.15, -0.1) is 0 Å². The lowest BCUT2D eigenvalue weighted by Gasteiger charge is -2.13. The van der Waals surface area contributed by atoms with E-state index in [4.69, 9.17) is 4.98 Å². The second-order valence-electron chi connectivity index (χ2n) is 5.16. The summed E-state index contributed by atoms with van der Waals surface area (Å²) in [5.74, 6) is 0. The third-order valence-corrected chi connectivity index (χ3v) is 4.01. The monoisotopic (exact) mass is 242 g/mol. The van der Waals surface area contributed by atoms with Gasteiger partial charge in [0.25, 0.3) is 0 Å². The molecule has 1 aromatic carbocycles. The summed E-state index contributed by atoms with van der Waals surface area (Å²) in [7, 11) is 0. The van der Waals surface area contributed by atoms with Crippen molar-refractivity contribution in [2.45, 2.75) is 53.9 Å². The maximum absolute atomic E-state index is 4.81. The van der Waals surface area contributed by atoms with Crippen LogP contribution >= 0.6 is 0 Å². The number of aryl methyl sites for hydroxylation is 3. The summed E-state index contributed by atoms with van der Waals surface area (Å²) in [6, 6.07) is 0. The van der Waals surface area contributed by atoms with Crippen LogP contribution in [0.2, 0.25) is 0 Å². The highest BCUT2D eigenvalue weighted by Crippen LogP contribution is 2.26. The van der Waals surface area contributed by atoms with E-state index in [-0.39, 0.29) is 0 Å². The van der Waals surface area contributed by atoms with E-state index in [1.165, 1.54) is 35.1 Å². The van der Waals surface area contributed by atoms with Gasteiger partial charge in [0.1, 0.15) is 0 Å². The molecule has 2 nitrogen and oxygen atoms in total. The van der Waals surface area contributed by atoms with Gasteiger partial charge in [-0.2, -0.15) is 0 Å². The van der Waals surface area contributed by atoms with Gasteiger partial charge in [0.2, 0.25) is 0 Å². The molecule has 0 aliphatic heterocycles. The molecule has 1 heterocycles. The van der Waals surface area contributed by atoms with Gasteiger partial charge < -0.3 is 0 Å². The summed E-state index contributed by atoms with van der Waals surface area (Å²) >= 11 is 0. The first kappa shape index (κ1) is 13.0. The summed E-state index contributed by atoms with van der Waals surface area (Å²) in [4.78, 5) is 9.45. The molecule has 0 saturated carbocycles. The van der Waals surface area contributed by atoms with Gasteiger partial charge in [-0.25, -0.2) is 4.98 Å². The number of fused-ring (bicyclic) bond motifs is 1. The van der Waals surface area contributed by atoms with Crippen LogP contribution in [0.3, 0.4) is 0 Å². The Morgan fingerprint density at radius 1 is 0.889 bits per heavy atom. The van der Waals surface area contributed by atoms with E-state index >= 15 is 0 Å². The first-order valence-corrected chi connectivity index (χ1v) is 6.78. The van der Waals surface area contributed by atoms with E-state index in [1.807, 2.05) is 6.20 Å². The van der Waals surface area contributed by atoms with Crippen LogP contribution in [0.1, 0.15) is 47.7 Å². The average Bonchev–Trinajstić information content (AvgIpc) is 2.40. The highest BCUT2D eigenvalue weighted by atomic mass is 14.8. The highest BCUT2D eigenvalue weighted by Gasteiger charge is 2.11. The molecule has 0 spiro atoms. The normalized spacial score (nSPS) is 11.2. The van der Waals surface area contributed by atoms with Crippen molar-refractivity contribution in [2.24, 2.45) is 0 Å². The molecule has 0 saturated heterocycles. The van der Waals surface area contributed by atoms with Crippen molar-refractivity contribution in [1.82, 2.24) is 9.97 Å². The Kier molecular flexibility index (Phi) is 3.65. The van der Waals surface area contributed by atoms with Crippen molar-refractivity contribution >= 4 is 11.0 Å². The molecule has 1 aromatic heterocycles. The van der Waals surface area contributed by atoms with Gasteiger partial charge in [-0.3, -0.25) is 4.98 Å². The molecule has 0 aliphatic carbocycles. The number of hydrogen-bond donors (Lipinski definition) is 0. The molecule has 2 heteroatoms. The molecule has 0 aliphatic rings. The molecular weight excluding hydrogens is 220 g/mol. The average molecular weight is 242 g/mol. The van der Waals surface area contributed by atoms with Crippen LogP contribution in [0.5, 0.6) is 0 Å². The lowest BCUT2D eigenvalue weighted by atomic mass is 9.97. The third-order valence-electron chi connectivity index (χ3n) is 4.01. The van der Waals surface area contributed by atoms with Crippen molar-refractivity contribution in [3.8, 4) is 0 Å². The molecule has 18 heavy (non-hydrogen) atoms. The standard InChI is InChI=1S/C16H22N2/c1-6-7-8-14-9-17-15-12(4)10(2)11(3)13(5)16(15)18-14/h9H,6-8H2,1-5H3. The molecule has 0 N–H and O–H groups in total. The summed E-state index contributed by atoms with van der Waals surface area (Å²) in [5.41, 5.74) is 8.51. The molecule has 0 radical (unpaired) electrons. The molecule has 96 valence electrons. The minimum atomic E-state index is 1.03. The number of aromatic nitrogens is 2. The smallest absolute Gasteiger partial charge is 0.0924 e. The highest BCUT2D eigenvalue weighted by molar-refractivity contribution is 5.83. The maximum Gasteiger partial charge on any atom is 0.0924 e. The fourth-order valence-corrected chi connectivity index (χ4v) is 2.36. The van der Waals surface area contributed by atoms with E-state index in [1.54, 1.807) is 0 Å². The molecular formula is C16H22N2. The van der Waals surface area contributed by atoms with E-state index in [0.29, 0.717) is 0 Å². The summed E-state index contributed by atoms with van der Waals surface area (Å²) in [6.45, 7) is 10.9. The molecule has 0 unspecified atom stereocenters. The SMILES string of the molecule is CCCCc1cnc2c(C)c(C)c(C)c(C)c2n1. The second kappa shape index (κ2) is 5.05. The first-order chi connectivity index (χ1) is 8.56. The van der Waals surface area contributed by atoms with E-state index in [2.05, 4.69) is 39.6 Å². The van der Waals surface area contributed by atoms with Crippen molar-refractivity contribution in [1.29, 1.82) is 0 Å². The summed E-state index contributed by atoms with van der Waals surface area (Å²) < 4.78 is 0. The van der Waals surface area contributed by atoms with Gasteiger partial charge in [0, 0.05) is 6.20 Å². The van der Waals surface area contributed by atoms with Crippen LogP contribution in [-0.2, 0) is 6.42 Å². The van der Waals surface area contributed by atoms with Gasteiger partial charge in [-0.05, 0) is 62.8 Å². The number of benzene rings is 1. The second-order valence-corrected chi connectivity index (χ2v) is 5.16. The van der Waals surface area contributed by atoms with Crippen LogP contribution in [0.25, 0.3) is 11.0 Å². The minimum absolute atomic E-state index is 1.03. The zero-order chi connectivity index (χ0) is 13.3. The Morgan fingerprint density at radius 2 is 1.50 bits per heavy atom. The first-order valence-electron chi connectivity index (χ1n) is 6.78. The van der Waals surface area contributed by atoms with E-state index in [9.17, 15) is 0 Å². The largest absolute Gasteiger partial charge is 0.252 e. The quantitative estimate of drug-likeness (QED) is 0.806. The predicted molar refractivity (Wildman–Crippen MR) is 77.1 cm³/mol. The summed E-state index contributed by atoms with van der Waals surface area (Å²) in [5, 5.41) is 0. The Hall–Kier alpha value is -1.44. The summed E-state index contributed by atoms with van der Waals surface area (Å²) in [6.07, 6.45) is 5.36. The third kappa shape index (κ3) is 2.12. The van der Waals surface area contributed by atoms with Gasteiger partial charge in [-0.1, -0.05) is 13.3 Å². The maximum atomic E-state index is 4.81. The zero-order valence-corrected chi connectivity index (χ0v) is 12.1.